The summed E-state index contributed by atoms with van der Waals surface area (Å²) in [5.74, 6) is 1.17. The summed E-state index contributed by atoms with van der Waals surface area (Å²) in [5.41, 5.74) is 2.94. The molecule has 1 fully saturated rings. The maximum Gasteiger partial charge on any atom is 0.290 e. The molecule has 5 nitrogen and oxygen atoms in total. The fourth-order valence-electron chi connectivity index (χ4n) is 3.77. The smallest absolute Gasteiger partial charge is 0.290 e. The standard InChI is InChI=1S/C22H24N2O3/c1-16-19-9-8-18(26-2)14-20(19)27-21(16)22(25)24-12-10-23(11-13-24)15-17-6-4-3-5-7-17/h3-9,14H,10-13,15H2,1-2H3/p+1. The normalized spacial score (nSPS) is 15.3. The number of nitrogens with one attached hydrogen (secondary N) is 1. The highest BCUT2D eigenvalue weighted by Gasteiger charge is 2.28. The molecule has 0 unspecified atom stereocenters. The van der Waals surface area contributed by atoms with Crippen LogP contribution in [-0.2, 0) is 6.54 Å². The van der Waals surface area contributed by atoms with Crippen molar-refractivity contribution < 1.29 is 18.8 Å². The van der Waals surface area contributed by atoms with Crippen LogP contribution in [0, 0.1) is 6.92 Å². The maximum absolute atomic E-state index is 13.0. The van der Waals surface area contributed by atoms with Gasteiger partial charge in [0, 0.05) is 22.6 Å². The number of benzene rings is 2. The minimum Gasteiger partial charge on any atom is -0.497 e. The highest BCUT2D eigenvalue weighted by Crippen LogP contribution is 2.29. The molecule has 27 heavy (non-hydrogen) atoms. The van der Waals surface area contributed by atoms with E-state index in [1.165, 1.54) is 10.5 Å². The van der Waals surface area contributed by atoms with Gasteiger partial charge >= 0.3 is 0 Å². The quantitative estimate of drug-likeness (QED) is 0.772. The van der Waals surface area contributed by atoms with Gasteiger partial charge in [-0.1, -0.05) is 30.3 Å². The number of amides is 1. The highest BCUT2D eigenvalue weighted by molar-refractivity contribution is 5.99. The van der Waals surface area contributed by atoms with Crippen molar-refractivity contribution in [2.24, 2.45) is 0 Å². The second kappa shape index (κ2) is 7.45. The number of ether oxygens (including phenoxy) is 1. The van der Waals surface area contributed by atoms with Crippen molar-refractivity contribution in [3.8, 4) is 5.75 Å². The van der Waals surface area contributed by atoms with Crippen molar-refractivity contribution in [1.29, 1.82) is 0 Å². The molecule has 1 saturated heterocycles. The number of rotatable bonds is 4. The minimum absolute atomic E-state index is 0.0126. The first-order valence-electron chi connectivity index (χ1n) is 9.39. The van der Waals surface area contributed by atoms with Gasteiger partial charge < -0.3 is 19.0 Å². The lowest BCUT2D eigenvalue weighted by Crippen LogP contribution is -3.13. The Kier molecular flexibility index (Phi) is 4.86. The highest BCUT2D eigenvalue weighted by atomic mass is 16.5. The van der Waals surface area contributed by atoms with E-state index >= 15 is 0 Å². The van der Waals surface area contributed by atoms with E-state index in [1.54, 1.807) is 7.11 Å². The van der Waals surface area contributed by atoms with E-state index in [2.05, 4.69) is 24.3 Å². The minimum atomic E-state index is -0.0126. The summed E-state index contributed by atoms with van der Waals surface area (Å²) in [5, 5.41) is 0.965. The van der Waals surface area contributed by atoms with Gasteiger partial charge in [0.25, 0.3) is 5.91 Å². The van der Waals surface area contributed by atoms with Crippen molar-refractivity contribution in [2.45, 2.75) is 13.5 Å². The summed E-state index contributed by atoms with van der Waals surface area (Å²) in [6.07, 6.45) is 0. The van der Waals surface area contributed by atoms with E-state index in [0.29, 0.717) is 11.3 Å². The molecule has 0 spiro atoms. The lowest BCUT2D eigenvalue weighted by Gasteiger charge is -2.31. The van der Waals surface area contributed by atoms with Crippen LogP contribution in [0.1, 0.15) is 21.7 Å². The molecule has 0 saturated carbocycles. The van der Waals surface area contributed by atoms with Crippen molar-refractivity contribution >= 4 is 16.9 Å². The zero-order valence-electron chi connectivity index (χ0n) is 15.8. The molecule has 0 bridgehead atoms. The van der Waals surface area contributed by atoms with Gasteiger partial charge in [0.1, 0.15) is 17.9 Å². The molecule has 140 valence electrons. The number of carbonyl (C=O) groups is 1. The van der Waals surface area contributed by atoms with Crippen LogP contribution in [0.5, 0.6) is 5.75 Å². The Morgan fingerprint density at radius 3 is 2.59 bits per heavy atom. The Labute approximate surface area is 159 Å². The second-order valence-corrected chi connectivity index (χ2v) is 7.12. The number of hydrogen-bond donors (Lipinski definition) is 1. The van der Waals surface area contributed by atoms with Crippen molar-refractivity contribution in [3.05, 3.63) is 65.4 Å². The van der Waals surface area contributed by atoms with Gasteiger partial charge in [0.05, 0.1) is 33.3 Å². The number of nitrogens with zero attached hydrogens (tertiary/aromatic N) is 1. The third-order valence-electron chi connectivity index (χ3n) is 5.39. The third kappa shape index (κ3) is 3.55. The van der Waals surface area contributed by atoms with Gasteiger partial charge in [-0.2, -0.15) is 0 Å². The topological polar surface area (TPSA) is 47.1 Å². The Morgan fingerprint density at radius 2 is 1.89 bits per heavy atom. The van der Waals surface area contributed by atoms with Crippen molar-refractivity contribution in [1.82, 2.24) is 4.90 Å². The van der Waals surface area contributed by atoms with Gasteiger partial charge in [-0.05, 0) is 19.1 Å². The van der Waals surface area contributed by atoms with E-state index < -0.39 is 0 Å². The van der Waals surface area contributed by atoms with Crippen LogP contribution in [0.25, 0.3) is 11.0 Å². The van der Waals surface area contributed by atoms with Gasteiger partial charge in [0.2, 0.25) is 0 Å². The predicted octanol–water partition coefficient (Wildman–Crippen LogP) is 2.29. The van der Waals surface area contributed by atoms with Crippen LogP contribution < -0.4 is 9.64 Å². The molecule has 1 N–H and O–H groups in total. The van der Waals surface area contributed by atoms with Crippen LogP contribution >= 0.6 is 0 Å². The molecule has 1 amide bonds. The SMILES string of the molecule is COc1ccc2c(C)c(C(=O)N3CC[NH+](Cc4ccccc4)CC3)oc2c1. The summed E-state index contributed by atoms with van der Waals surface area (Å²) in [6, 6.07) is 16.2. The first-order chi connectivity index (χ1) is 13.2. The lowest BCUT2D eigenvalue weighted by atomic mass is 10.1. The van der Waals surface area contributed by atoms with Gasteiger partial charge in [0.15, 0.2) is 5.76 Å². The third-order valence-corrected chi connectivity index (χ3v) is 5.39. The zero-order chi connectivity index (χ0) is 18.8. The summed E-state index contributed by atoms with van der Waals surface area (Å²) >= 11 is 0. The summed E-state index contributed by atoms with van der Waals surface area (Å²) in [6.45, 7) is 6.36. The zero-order valence-corrected chi connectivity index (χ0v) is 15.8. The summed E-state index contributed by atoms with van der Waals surface area (Å²) < 4.78 is 11.2. The van der Waals surface area contributed by atoms with Crippen LogP contribution in [0.4, 0.5) is 0 Å². The molecular weight excluding hydrogens is 340 g/mol. The molecule has 3 aromatic rings. The van der Waals surface area contributed by atoms with E-state index in [1.807, 2.05) is 36.1 Å². The molecule has 2 aromatic carbocycles. The molecule has 0 aliphatic carbocycles. The predicted molar refractivity (Wildman–Crippen MR) is 104 cm³/mol. The van der Waals surface area contributed by atoms with Gasteiger partial charge in [-0.3, -0.25) is 4.79 Å². The fourth-order valence-corrected chi connectivity index (χ4v) is 3.77. The summed E-state index contributed by atoms with van der Waals surface area (Å²) in [7, 11) is 1.63. The Morgan fingerprint density at radius 1 is 1.15 bits per heavy atom. The second-order valence-electron chi connectivity index (χ2n) is 7.12. The molecular formula is C22H25N2O3+. The molecule has 0 atom stereocenters. The van der Waals surface area contributed by atoms with Crippen LogP contribution in [0.2, 0.25) is 0 Å². The molecule has 1 aliphatic rings. The summed E-state index contributed by atoms with van der Waals surface area (Å²) in [4.78, 5) is 16.4. The average Bonchev–Trinajstić information content (AvgIpc) is 3.04. The van der Waals surface area contributed by atoms with E-state index in [0.717, 1.165) is 49.4 Å². The Balaban J connectivity index is 1.45. The van der Waals surface area contributed by atoms with Crippen LogP contribution in [0.15, 0.2) is 52.9 Å². The maximum atomic E-state index is 13.0. The molecule has 2 heterocycles. The number of aryl methyl sites for hydroxylation is 1. The number of piperazine rings is 1. The van der Waals surface area contributed by atoms with Crippen molar-refractivity contribution in [2.75, 3.05) is 33.3 Å². The number of fused-ring (bicyclic) bond motifs is 1. The molecule has 1 aromatic heterocycles. The molecule has 1 aliphatic heterocycles. The number of quaternary nitrogens is 1. The van der Waals surface area contributed by atoms with Gasteiger partial charge in [-0.15, -0.1) is 0 Å². The first-order valence-corrected chi connectivity index (χ1v) is 9.39. The number of hydrogen-bond acceptors (Lipinski definition) is 3. The Hall–Kier alpha value is -2.79. The van der Waals surface area contributed by atoms with E-state index in [9.17, 15) is 4.79 Å². The molecule has 0 radical (unpaired) electrons. The Bertz CT molecular complexity index is 941. The largest absolute Gasteiger partial charge is 0.497 e. The van der Waals surface area contributed by atoms with Crippen LogP contribution in [-0.4, -0.2) is 44.1 Å². The lowest BCUT2D eigenvalue weighted by molar-refractivity contribution is -0.917. The van der Waals surface area contributed by atoms with Gasteiger partial charge in [-0.25, -0.2) is 0 Å². The van der Waals surface area contributed by atoms with E-state index in [-0.39, 0.29) is 5.91 Å². The molecule has 4 rings (SSSR count). The monoisotopic (exact) mass is 365 g/mol. The average molecular weight is 365 g/mol. The van der Waals surface area contributed by atoms with E-state index in [4.69, 9.17) is 9.15 Å². The number of carbonyl (C=O) groups excluding carboxylic acids is 1. The number of methoxy groups -OCH3 is 1. The van der Waals surface area contributed by atoms with Crippen molar-refractivity contribution in [3.63, 3.8) is 0 Å². The fraction of sp³-hybridized carbons (Fsp3) is 0.318. The van der Waals surface area contributed by atoms with Crippen LogP contribution in [0.3, 0.4) is 0 Å². The number of furan rings is 1. The first kappa shape index (κ1) is 17.6. The molecule has 5 heteroatoms.